The topological polar surface area (TPSA) is 27.1 Å². The molecule has 0 unspecified atom stereocenters. The van der Waals surface area contributed by atoms with Gasteiger partial charge in [0.2, 0.25) is 0 Å². The molecule has 0 aliphatic carbocycles. The van der Waals surface area contributed by atoms with Crippen LogP contribution >= 0.6 is 12.4 Å². The smallest absolute Gasteiger partial charge is 0.118 e. The average molecular weight is 239 g/mol. The predicted molar refractivity (Wildman–Crippen MR) is 66.2 cm³/mol. The van der Waals surface area contributed by atoms with E-state index in [1.54, 1.807) is 13.3 Å². The Morgan fingerprint density at radius 1 is 1.25 bits per heavy atom. The van der Waals surface area contributed by atoms with Gasteiger partial charge in [0.05, 0.1) is 13.4 Å². The summed E-state index contributed by atoms with van der Waals surface area (Å²) in [4.78, 5) is 4.00. The molecule has 86 valence electrons. The third-order valence-corrected chi connectivity index (χ3v) is 2.38. The number of halogens is 1. The minimum absolute atomic E-state index is 0. The molecule has 0 aliphatic rings. The zero-order valence-corrected chi connectivity index (χ0v) is 9.98. The van der Waals surface area contributed by atoms with Gasteiger partial charge in [-0.05, 0) is 24.1 Å². The molecule has 1 heterocycles. The van der Waals surface area contributed by atoms with Crippen molar-refractivity contribution in [2.45, 2.75) is 13.0 Å². The number of nitrogens with zero attached hydrogens (tertiary/aromatic N) is 2. The second-order valence-electron chi connectivity index (χ2n) is 3.40. The highest BCUT2D eigenvalue weighted by atomic mass is 35.5. The van der Waals surface area contributed by atoms with Gasteiger partial charge in [0.1, 0.15) is 5.75 Å². The first kappa shape index (κ1) is 12.6. The highest BCUT2D eigenvalue weighted by molar-refractivity contribution is 5.85. The van der Waals surface area contributed by atoms with E-state index in [2.05, 4.69) is 21.7 Å². The number of hydrogen-bond donors (Lipinski definition) is 0. The van der Waals surface area contributed by atoms with Crippen molar-refractivity contribution in [3.8, 4) is 5.75 Å². The number of imidazole rings is 1. The third-order valence-electron chi connectivity index (χ3n) is 2.38. The highest BCUT2D eigenvalue weighted by Crippen LogP contribution is 2.11. The van der Waals surface area contributed by atoms with Crippen LogP contribution in [0.25, 0.3) is 0 Å². The molecule has 3 nitrogen and oxygen atoms in total. The van der Waals surface area contributed by atoms with Crippen molar-refractivity contribution in [1.29, 1.82) is 0 Å². The van der Waals surface area contributed by atoms with Crippen LogP contribution in [0.2, 0.25) is 0 Å². The van der Waals surface area contributed by atoms with E-state index < -0.39 is 0 Å². The van der Waals surface area contributed by atoms with E-state index in [0.29, 0.717) is 0 Å². The monoisotopic (exact) mass is 238 g/mol. The molecule has 0 aliphatic heterocycles. The lowest BCUT2D eigenvalue weighted by Gasteiger charge is -2.04. The van der Waals surface area contributed by atoms with E-state index in [1.807, 2.05) is 24.7 Å². The molecule has 0 radical (unpaired) electrons. The lowest BCUT2D eigenvalue weighted by atomic mass is 10.1. The number of aromatic nitrogens is 2. The summed E-state index contributed by atoms with van der Waals surface area (Å²) in [5.41, 5.74) is 1.31. The second-order valence-corrected chi connectivity index (χ2v) is 3.40. The van der Waals surface area contributed by atoms with Crippen molar-refractivity contribution in [1.82, 2.24) is 9.55 Å². The number of rotatable bonds is 4. The van der Waals surface area contributed by atoms with Crippen LogP contribution in [0.3, 0.4) is 0 Å². The van der Waals surface area contributed by atoms with E-state index in [-0.39, 0.29) is 12.4 Å². The summed E-state index contributed by atoms with van der Waals surface area (Å²) in [6.45, 7) is 0.965. The van der Waals surface area contributed by atoms with E-state index in [1.165, 1.54) is 5.56 Å². The number of hydrogen-bond acceptors (Lipinski definition) is 2. The van der Waals surface area contributed by atoms with Gasteiger partial charge in [0.15, 0.2) is 0 Å². The normalized spacial score (nSPS) is 9.56. The standard InChI is InChI=1S/C12H14N2O.ClH/c1-15-12-4-2-11(3-5-12)6-8-14-9-7-13-10-14;/h2-5,7,9-10H,6,8H2,1H3;1H. The fourth-order valence-electron chi connectivity index (χ4n) is 1.47. The van der Waals surface area contributed by atoms with E-state index in [9.17, 15) is 0 Å². The van der Waals surface area contributed by atoms with Gasteiger partial charge < -0.3 is 9.30 Å². The maximum absolute atomic E-state index is 5.10. The molecule has 0 saturated carbocycles. The average Bonchev–Trinajstić information content (AvgIpc) is 2.80. The van der Waals surface area contributed by atoms with Gasteiger partial charge in [-0.3, -0.25) is 0 Å². The predicted octanol–water partition coefficient (Wildman–Crippen LogP) is 2.56. The molecule has 0 fully saturated rings. The molecule has 0 atom stereocenters. The second kappa shape index (κ2) is 6.18. The Kier molecular flexibility index (Phi) is 4.86. The number of benzene rings is 1. The van der Waals surface area contributed by atoms with Crippen LogP contribution < -0.4 is 4.74 Å². The maximum Gasteiger partial charge on any atom is 0.118 e. The fraction of sp³-hybridized carbons (Fsp3) is 0.250. The van der Waals surface area contributed by atoms with E-state index in [0.717, 1.165) is 18.7 Å². The van der Waals surface area contributed by atoms with Crippen LogP contribution in [-0.2, 0) is 13.0 Å². The molecule has 0 bridgehead atoms. The molecule has 0 amide bonds. The largest absolute Gasteiger partial charge is 0.497 e. The molecule has 1 aromatic carbocycles. The summed E-state index contributed by atoms with van der Waals surface area (Å²) < 4.78 is 7.18. The Bertz CT molecular complexity index is 397. The van der Waals surface area contributed by atoms with Gasteiger partial charge in [0, 0.05) is 18.9 Å². The van der Waals surface area contributed by atoms with Crippen molar-refractivity contribution >= 4 is 12.4 Å². The molecule has 0 N–H and O–H groups in total. The molecule has 4 heteroatoms. The minimum atomic E-state index is 0. The SMILES string of the molecule is COc1ccc(CCn2ccnc2)cc1.Cl. The number of ether oxygens (including phenoxy) is 1. The van der Waals surface area contributed by atoms with Gasteiger partial charge in [0.25, 0.3) is 0 Å². The summed E-state index contributed by atoms with van der Waals surface area (Å²) in [6.07, 6.45) is 6.63. The maximum atomic E-state index is 5.10. The first-order valence-electron chi connectivity index (χ1n) is 4.97. The summed E-state index contributed by atoms with van der Waals surface area (Å²) in [5, 5.41) is 0. The van der Waals surface area contributed by atoms with Crippen molar-refractivity contribution in [3.63, 3.8) is 0 Å². The van der Waals surface area contributed by atoms with E-state index in [4.69, 9.17) is 4.74 Å². The van der Waals surface area contributed by atoms with Gasteiger partial charge in [-0.1, -0.05) is 12.1 Å². The lowest BCUT2D eigenvalue weighted by molar-refractivity contribution is 0.414. The highest BCUT2D eigenvalue weighted by Gasteiger charge is 1.95. The van der Waals surface area contributed by atoms with Gasteiger partial charge >= 0.3 is 0 Å². The summed E-state index contributed by atoms with van der Waals surface area (Å²) in [6, 6.07) is 8.16. The summed E-state index contributed by atoms with van der Waals surface area (Å²) >= 11 is 0. The van der Waals surface area contributed by atoms with Crippen LogP contribution in [0, 0.1) is 0 Å². The van der Waals surface area contributed by atoms with Gasteiger partial charge in [-0.2, -0.15) is 0 Å². The number of aryl methyl sites for hydroxylation is 2. The number of methoxy groups -OCH3 is 1. The van der Waals surface area contributed by atoms with Crippen molar-refractivity contribution in [2.75, 3.05) is 7.11 Å². The molecule has 0 spiro atoms. The van der Waals surface area contributed by atoms with Crippen LogP contribution in [0.4, 0.5) is 0 Å². The Hall–Kier alpha value is -1.48. The van der Waals surface area contributed by atoms with Crippen LogP contribution in [0.5, 0.6) is 5.75 Å². The molecule has 2 rings (SSSR count). The molecule has 2 aromatic rings. The van der Waals surface area contributed by atoms with Gasteiger partial charge in [-0.15, -0.1) is 12.4 Å². The molecular formula is C12H15ClN2O. The van der Waals surface area contributed by atoms with Crippen LogP contribution in [0.1, 0.15) is 5.56 Å². The minimum Gasteiger partial charge on any atom is -0.497 e. The zero-order chi connectivity index (χ0) is 10.5. The Labute approximate surface area is 101 Å². The first-order chi connectivity index (χ1) is 7.38. The van der Waals surface area contributed by atoms with Crippen molar-refractivity contribution in [3.05, 3.63) is 48.5 Å². The summed E-state index contributed by atoms with van der Waals surface area (Å²) in [7, 11) is 1.68. The quantitative estimate of drug-likeness (QED) is 0.819. The molecule has 16 heavy (non-hydrogen) atoms. The van der Waals surface area contributed by atoms with Crippen molar-refractivity contribution in [2.24, 2.45) is 0 Å². The van der Waals surface area contributed by atoms with Gasteiger partial charge in [-0.25, -0.2) is 4.98 Å². The van der Waals surface area contributed by atoms with Crippen LogP contribution in [-0.4, -0.2) is 16.7 Å². The molecular weight excluding hydrogens is 224 g/mol. The molecule has 1 aromatic heterocycles. The van der Waals surface area contributed by atoms with Crippen molar-refractivity contribution < 1.29 is 4.74 Å². The Morgan fingerprint density at radius 3 is 2.56 bits per heavy atom. The van der Waals surface area contributed by atoms with E-state index >= 15 is 0 Å². The first-order valence-corrected chi connectivity index (χ1v) is 4.97. The Morgan fingerprint density at radius 2 is 2.00 bits per heavy atom. The zero-order valence-electron chi connectivity index (χ0n) is 9.17. The fourth-order valence-corrected chi connectivity index (χ4v) is 1.47. The Balaban J connectivity index is 0.00000128. The van der Waals surface area contributed by atoms with Crippen LogP contribution in [0.15, 0.2) is 43.0 Å². The summed E-state index contributed by atoms with van der Waals surface area (Å²) in [5.74, 6) is 0.904. The molecule has 0 saturated heterocycles. The lowest BCUT2D eigenvalue weighted by Crippen LogP contribution is -1.98. The third kappa shape index (κ3) is 3.28.